The van der Waals surface area contributed by atoms with Crippen LogP contribution in [0.15, 0.2) is 42.6 Å². The fraction of sp³-hybridized carbons (Fsp3) is 0.500. The second-order valence-corrected chi connectivity index (χ2v) is 8.00. The van der Waals surface area contributed by atoms with E-state index >= 15 is 0 Å². The summed E-state index contributed by atoms with van der Waals surface area (Å²) in [6, 6.07) is 11.5. The van der Waals surface area contributed by atoms with Gasteiger partial charge in [-0.05, 0) is 35.7 Å². The van der Waals surface area contributed by atoms with Crippen LogP contribution in [0.25, 0.3) is 11.3 Å². The van der Waals surface area contributed by atoms with E-state index in [9.17, 15) is 9.90 Å². The SMILES string of the molecule is COCCCOc1cc(CO[C@@H](O)[C@@H]2CC(C(C)C)C(=O)O2)ccc1-c1ccccn1. The lowest BCUT2D eigenvalue weighted by molar-refractivity contribution is -0.181. The molecule has 1 aromatic heterocycles. The van der Waals surface area contributed by atoms with Gasteiger partial charge in [0.2, 0.25) is 0 Å². The molecule has 0 aliphatic carbocycles. The van der Waals surface area contributed by atoms with Crippen LogP contribution in [0, 0.1) is 11.8 Å². The minimum atomic E-state index is -1.17. The van der Waals surface area contributed by atoms with E-state index in [1.165, 1.54) is 0 Å². The van der Waals surface area contributed by atoms with Gasteiger partial charge >= 0.3 is 5.97 Å². The number of benzene rings is 1. The molecule has 31 heavy (non-hydrogen) atoms. The number of aromatic nitrogens is 1. The maximum absolute atomic E-state index is 11.9. The fourth-order valence-corrected chi connectivity index (χ4v) is 3.53. The third kappa shape index (κ3) is 6.26. The maximum atomic E-state index is 11.9. The van der Waals surface area contributed by atoms with Crippen LogP contribution in [0.1, 0.15) is 32.3 Å². The van der Waals surface area contributed by atoms with Crippen molar-refractivity contribution in [2.24, 2.45) is 11.8 Å². The molecule has 0 radical (unpaired) electrons. The summed E-state index contributed by atoms with van der Waals surface area (Å²) in [6.07, 6.45) is 1.16. The summed E-state index contributed by atoms with van der Waals surface area (Å²) in [5, 5.41) is 10.4. The lowest BCUT2D eigenvalue weighted by Gasteiger charge is -2.18. The highest BCUT2D eigenvalue weighted by molar-refractivity contribution is 5.75. The molecule has 7 nitrogen and oxygen atoms in total. The zero-order chi connectivity index (χ0) is 22.2. The van der Waals surface area contributed by atoms with Crippen LogP contribution in [-0.4, -0.2) is 48.8 Å². The zero-order valence-electron chi connectivity index (χ0n) is 18.3. The topological polar surface area (TPSA) is 87.1 Å². The number of ether oxygens (including phenoxy) is 4. The van der Waals surface area contributed by atoms with E-state index in [1.807, 2.05) is 50.2 Å². The van der Waals surface area contributed by atoms with Crippen molar-refractivity contribution >= 4 is 5.97 Å². The van der Waals surface area contributed by atoms with Crippen LogP contribution in [0.3, 0.4) is 0 Å². The molecule has 2 aromatic rings. The number of hydrogen-bond donors (Lipinski definition) is 1. The summed E-state index contributed by atoms with van der Waals surface area (Å²) in [7, 11) is 1.66. The van der Waals surface area contributed by atoms with Gasteiger partial charge in [0.25, 0.3) is 0 Å². The highest BCUT2D eigenvalue weighted by Crippen LogP contribution is 2.32. The first-order valence-electron chi connectivity index (χ1n) is 10.7. The monoisotopic (exact) mass is 429 g/mol. The number of methoxy groups -OCH3 is 1. The predicted octanol–water partition coefficient (Wildman–Crippen LogP) is 3.59. The number of esters is 1. The Morgan fingerprint density at radius 1 is 1.23 bits per heavy atom. The van der Waals surface area contributed by atoms with Crippen molar-refractivity contribution in [2.45, 2.75) is 45.7 Å². The third-order valence-electron chi connectivity index (χ3n) is 5.34. The van der Waals surface area contributed by atoms with Gasteiger partial charge < -0.3 is 24.1 Å². The third-order valence-corrected chi connectivity index (χ3v) is 5.34. The van der Waals surface area contributed by atoms with Crippen molar-refractivity contribution in [3.8, 4) is 17.0 Å². The van der Waals surface area contributed by atoms with E-state index in [0.717, 1.165) is 23.2 Å². The molecule has 1 aliphatic heterocycles. The summed E-state index contributed by atoms with van der Waals surface area (Å²) in [5.74, 6) is 0.390. The second-order valence-electron chi connectivity index (χ2n) is 8.00. The highest BCUT2D eigenvalue weighted by atomic mass is 16.6. The number of cyclic esters (lactones) is 1. The molecule has 0 bridgehead atoms. The highest BCUT2D eigenvalue weighted by Gasteiger charge is 2.40. The van der Waals surface area contributed by atoms with E-state index in [1.54, 1.807) is 13.3 Å². The normalized spacial score (nSPS) is 19.5. The largest absolute Gasteiger partial charge is 0.493 e. The summed E-state index contributed by atoms with van der Waals surface area (Å²) in [4.78, 5) is 16.4. The van der Waals surface area contributed by atoms with Crippen LogP contribution in [0.2, 0.25) is 0 Å². The van der Waals surface area contributed by atoms with Gasteiger partial charge in [-0.2, -0.15) is 0 Å². The average Bonchev–Trinajstić information content (AvgIpc) is 3.18. The minimum absolute atomic E-state index is 0.165. The molecule has 168 valence electrons. The van der Waals surface area contributed by atoms with Gasteiger partial charge in [-0.1, -0.05) is 26.0 Å². The van der Waals surface area contributed by atoms with Crippen LogP contribution in [-0.2, 0) is 25.6 Å². The van der Waals surface area contributed by atoms with Crippen molar-refractivity contribution in [2.75, 3.05) is 20.3 Å². The lowest BCUT2D eigenvalue weighted by Crippen LogP contribution is -2.28. The number of carbonyl (C=O) groups excluding carboxylic acids is 1. The van der Waals surface area contributed by atoms with Crippen LogP contribution < -0.4 is 4.74 Å². The molecule has 0 saturated carbocycles. The van der Waals surface area contributed by atoms with Crippen molar-refractivity contribution in [1.29, 1.82) is 0 Å². The van der Waals surface area contributed by atoms with Crippen molar-refractivity contribution in [3.63, 3.8) is 0 Å². The van der Waals surface area contributed by atoms with Gasteiger partial charge in [0.1, 0.15) is 5.75 Å². The van der Waals surface area contributed by atoms with Crippen molar-refractivity contribution in [1.82, 2.24) is 4.98 Å². The summed E-state index contributed by atoms with van der Waals surface area (Å²) >= 11 is 0. The maximum Gasteiger partial charge on any atom is 0.309 e. The smallest absolute Gasteiger partial charge is 0.309 e. The molecule has 1 N–H and O–H groups in total. The van der Waals surface area contributed by atoms with E-state index in [-0.39, 0.29) is 24.4 Å². The van der Waals surface area contributed by atoms with E-state index in [2.05, 4.69) is 4.98 Å². The van der Waals surface area contributed by atoms with Gasteiger partial charge in [0.15, 0.2) is 12.4 Å². The van der Waals surface area contributed by atoms with Gasteiger partial charge in [-0.15, -0.1) is 0 Å². The summed E-state index contributed by atoms with van der Waals surface area (Å²) in [5.41, 5.74) is 2.53. The van der Waals surface area contributed by atoms with Crippen LogP contribution in [0.4, 0.5) is 0 Å². The number of aliphatic hydroxyl groups is 1. The Labute approximate surface area is 183 Å². The second kappa shape index (κ2) is 11.2. The Balaban J connectivity index is 1.66. The first-order valence-corrected chi connectivity index (χ1v) is 10.7. The lowest BCUT2D eigenvalue weighted by atomic mass is 9.93. The minimum Gasteiger partial charge on any atom is -0.493 e. The number of rotatable bonds is 11. The zero-order valence-corrected chi connectivity index (χ0v) is 18.3. The molecular formula is C24H31NO6. The standard InChI is InChI=1S/C24H31NO6/c1-16(2)19-14-22(31-23(19)26)24(27)30-15-17-8-9-18(20-7-4-5-10-25-20)21(13-17)29-12-6-11-28-3/h4-5,7-10,13,16,19,22,24,27H,6,11-12,14-15H2,1-3H3/t19?,22-,24+/m0/s1. The number of carbonyl (C=O) groups is 1. The molecule has 0 amide bonds. The van der Waals surface area contributed by atoms with E-state index in [4.69, 9.17) is 18.9 Å². The van der Waals surface area contributed by atoms with E-state index < -0.39 is 12.4 Å². The van der Waals surface area contributed by atoms with Crippen LogP contribution >= 0.6 is 0 Å². The Kier molecular flexibility index (Phi) is 8.40. The Morgan fingerprint density at radius 2 is 2.06 bits per heavy atom. The Bertz CT molecular complexity index is 841. The van der Waals surface area contributed by atoms with Gasteiger partial charge in [0.05, 0.1) is 24.8 Å². The molecule has 2 heterocycles. The molecule has 1 saturated heterocycles. The van der Waals surface area contributed by atoms with Gasteiger partial charge in [-0.3, -0.25) is 9.78 Å². The molecular weight excluding hydrogens is 398 g/mol. The summed E-state index contributed by atoms with van der Waals surface area (Å²) in [6.45, 7) is 5.23. The predicted molar refractivity (Wildman–Crippen MR) is 115 cm³/mol. The number of hydrogen-bond acceptors (Lipinski definition) is 7. The van der Waals surface area contributed by atoms with Gasteiger partial charge in [0, 0.05) is 38.3 Å². The number of aliphatic hydroxyl groups excluding tert-OH is 1. The molecule has 3 rings (SSSR count). The van der Waals surface area contributed by atoms with Gasteiger partial charge in [-0.25, -0.2) is 0 Å². The Hall–Kier alpha value is -2.48. The molecule has 1 aromatic carbocycles. The number of pyridine rings is 1. The quantitative estimate of drug-likeness (QED) is 0.332. The fourth-order valence-electron chi connectivity index (χ4n) is 3.53. The van der Waals surface area contributed by atoms with Crippen molar-refractivity contribution in [3.05, 3.63) is 48.2 Å². The molecule has 1 fully saturated rings. The molecule has 7 heteroatoms. The first-order chi connectivity index (χ1) is 15.0. The van der Waals surface area contributed by atoms with E-state index in [0.29, 0.717) is 25.4 Å². The summed E-state index contributed by atoms with van der Waals surface area (Å²) < 4.78 is 22.0. The average molecular weight is 430 g/mol. The number of nitrogens with zero attached hydrogens (tertiary/aromatic N) is 1. The molecule has 1 unspecified atom stereocenters. The molecule has 0 spiro atoms. The van der Waals surface area contributed by atoms with Crippen molar-refractivity contribution < 1.29 is 28.8 Å². The molecule has 1 aliphatic rings. The first kappa shape index (κ1) is 23.2. The van der Waals surface area contributed by atoms with Crippen LogP contribution in [0.5, 0.6) is 5.75 Å². The molecule has 3 atom stereocenters. The Morgan fingerprint density at radius 3 is 2.74 bits per heavy atom.